The van der Waals surface area contributed by atoms with Gasteiger partial charge >= 0.3 is 5.69 Å². The second-order valence-electron chi connectivity index (χ2n) is 4.96. The van der Waals surface area contributed by atoms with Gasteiger partial charge in [-0.2, -0.15) is 0 Å². The first kappa shape index (κ1) is 12.8. The molecule has 20 heavy (non-hydrogen) atoms. The van der Waals surface area contributed by atoms with Crippen LogP contribution in [0.1, 0.15) is 12.8 Å². The van der Waals surface area contributed by atoms with Crippen molar-refractivity contribution in [2.75, 3.05) is 18.4 Å². The number of nitrogens with zero attached hydrogens (tertiary/aromatic N) is 2. The quantitative estimate of drug-likeness (QED) is 0.662. The van der Waals surface area contributed by atoms with Crippen molar-refractivity contribution in [3.63, 3.8) is 0 Å². The van der Waals surface area contributed by atoms with E-state index in [0.29, 0.717) is 16.6 Å². The zero-order chi connectivity index (χ0) is 13.9. The SMILES string of the molecule is O=[N+]([O-])c1c(NC2CCNCC2)ccc2ncccc12. The van der Waals surface area contributed by atoms with Crippen molar-refractivity contribution in [1.29, 1.82) is 0 Å². The van der Waals surface area contributed by atoms with Gasteiger partial charge in [-0.15, -0.1) is 0 Å². The number of nitro groups is 1. The van der Waals surface area contributed by atoms with Crippen LogP contribution in [0, 0.1) is 10.1 Å². The molecule has 0 saturated carbocycles. The minimum atomic E-state index is -0.326. The second-order valence-corrected chi connectivity index (χ2v) is 4.96. The van der Waals surface area contributed by atoms with Gasteiger partial charge in [0.2, 0.25) is 0 Å². The van der Waals surface area contributed by atoms with Crippen molar-refractivity contribution >= 4 is 22.3 Å². The summed E-state index contributed by atoms with van der Waals surface area (Å²) in [6.45, 7) is 1.89. The van der Waals surface area contributed by atoms with Crippen LogP contribution in [0.25, 0.3) is 10.9 Å². The van der Waals surface area contributed by atoms with Gasteiger partial charge < -0.3 is 10.6 Å². The van der Waals surface area contributed by atoms with E-state index in [4.69, 9.17) is 0 Å². The normalized spacial score (nSPS) is 16.2. The molecule has 1 saturated heterocycles. The minimum absolute atomic E-state index is 0.120. The molecule has 0 atom stereocenters. The first-order valence-corrected chi connectivity index (χ1v) is 6.75. The number of hydrogen-bond acceptors (Lipinski definition) is 5. The number of pyridine rings is 1. The predicted molar refractivity (Wildman–Crippen MR) is 77.9 cm³/mol. The lowest BCUT2D eigenvalue weighted by molar-refractivity contribution is -0.382. The average molecular weight is 272 g/mol. The molecule has 104 valence electrons. The summed E-state index contributed by atoms with van der Waals surface area (Å²) in [5, 5.41) is 18.6. The van der Waals surface area contributed by atoms with Crippen LogP contribution in [0.15, 0.2) is 30.5 Å². The number of fused-ring (bicyclic) bond motifs is 1. The molecule has 0 bridgehead atoms. The molecule has 1 aliphatic heterocycles. The van der Waals surface area contributed by atoms with E-state index in [0.717, 1.165) is 25.9 Å². The van der Waals surface area contributed by atoms with E-state index in [2.05, 4.69) is 15.6 Å². The molecule has 0 spiro atoms. The summed E-state index contributed by atoms with van der Waals surface area (Å²) in [7, 11) is 0. The summed E-state index contributed by atoms with van der Waals surface area (Å²) in [6, 6.07) is 7.34. The summed E-state index contributed by atoms with van der Waals surface area (Å²) in [5.74, 6) is 0. The Morgan fingerprint density at radius 1 is 1.30 bits per heavy atom. The topological polar surface area (TPSA) is 80.1 Å². The van der Waals surface area contributed by atoms with Crippen LogP contribution in [0.3, 0.4) is 0 Å². The molecule has 1 aliphatic rings. The third-order valence-corrected chi connectivity index (χ3v) is 3.64. The third-order valence-electron chi connectivity index (χ3n) is 3.64. The van der Waals surface area contributed by atoms with Gasteiger partial charge in [-0.25, -0.2) is 0 Å². The third kappa shape index (κ3) is 2.42. The molecule has 3 rings (SSSR count). The van der Waals surface area contributed by atoms with Gasteiger partial charge in [-0.1, -0.05) is 0 Å². The Kier molecular flexibility index (Phi) is 3.47. The number of hydrogen-bond donors (Lipinski definition) is 2. The molecule has 2 aromatic rings. The van der Waals surface area contributed by atoms with Crippen LogP contribution < -0.4 is 10.6 Å². The molecular formula is C14H16N4O2. The van der Waals surface area contributed by atoms with E-state index in [9.17, 15) is 10.1 Å². The number of nitrogens with one attached hydrogen (secondary N) is 2. The van der Waals surface area contributed by atoms with Crippen LogP contribution in [0.5, 0.6) is 0 Å². The van der Waals surface area contributed by atoms with E-state index in [1.54, 1.807) is 24.4 Å². The monoisotopic (exact) mass is 272 g/mol. The first-order chi connectivity index (χ1) is 9.75. The molecule has 0 amide bonds. The number of benzene rings is 1. The highest BCUT2D eigenvalue weighted by molar-refractivity contribution is 5.94. The average Bonchev–Trinajstić information content (AvgIpc) is 2.47. The van der Waals surface area contributed by atoms with Crippen molar-refractivity contribution in [2.45, 2.75) is 18.9 Å². The molecule has 0 radical (unpaired) electrons. The van der Waals surface area contributed by atoms with Gasteiger partial charge in [0.05, 0.1) is 15.8 Å². The lowest BCUT2D eigenvalue weighted by atomic mass is 10.1. The zero-order valence-corrected chi connectivity index (χ0v) is 11.0. The molecule has 0 unspecified atom stereocenters. The fourth-order valence-electron chi connectivity index (χ4n) is 2.64. The van der Waals surface area contributed by atoms with Crippen molar-refractivity contribution in [3.05, 3.63) is 40.6 Å². The fourth-order valence-corrected chi connectivity index (χ4v) is 2.64. The summed E-state index contributed by atoms with van der Waals surface area (Å²) < 4.78 is 0. The highest BCUT2D eigenvalue weighted by atomic mass is 16.6. The summed E-state index contributed by atoms with van der Waals surface area (Å²) in [4.78, 5) is 15.2. The van der Waals surface area contributed by atoms with Crippen molar-refractivity contribution < 1.29 is 4.92 Å². The standard InChI is InChI=1S/C14H16N4O2/c19-18(20)14-11-2-1-7-16-12(11)3-4-13(14)17-10-5-8-15-9-6-10/h1-4,7,10,15,17H,5-6,8-9H2. The van der Waals surface area contributed by atoms with Crippen LogP contribution in [0.4, 0.5) is 11.4 Å². The maximum Gasteiger partial charge on any atom is 0.301 e. The molecule has 6 nitrogen and oxygen atoms in total. The van der Waals surface area contributed by atoms with Gasteiger partial charge in [-0.3, -0.25) is 15.1 Å². The van der Waals surface area contributed by atoms with Crippen LogP contribution in [-0.4, -0.2) is 29.0 Å². The van der Waals surface area contributed by atoms with Gasteiger partial charge in [-0.05, 0) is 50.2 Å². The van der Waals surface area contributed by atoms with E-state index < -0.39 is 0 Å². The summed E-state index contributed by atoms with van der Waals surface area (Å²) >= 11 is 0. The molecular weight excluding hydrogens is 256 g/mol. The Morgan fingerprint density at radius 3 is 2.85 bits per heavy atom. The molecule has 2 N–H and O–H groups in total. The summed E-state index contributed by atoms with van der Waals surface area (Å²) in [6.07, 6.45) is 3.59. The van der Waals surface area contributed by atoms with E-state index in [1.165, 1.54) is 0 Å². The number of aromatic nitrogens is 1. The zero-order valence-electron chi connectivity index (χ0n) is 11.0. The lowest BCUT2D eigenvalue weighted by Crippen LogP contribution is -2.35. The smallest absolute Gasteiger partial charge is 0.301 e. The molecule has 2 heterocycles. The van der Waals surface area contributed by atoms with Crippen molar-refractivity contribution in [3.8, 4) is 0 Å². The largest absolute Gasteiger partial charge is 0.377 e. The Hall–Kier alpha value is -2.21. The van der Waals surface area contributed by atoms with Gasteiger partial charge in [0.1, 0.15) is 5.69 Å². The van der Waals surface area contributed by atoms with Gasteiger partial charge in [0.15, 0.2) is 0 Å². The number of nitro benzene ring substituents is 1. The molecule has 0 aliphatic carbocycles. The van der Waals surface area contributed by atoms with E-state index in [-0.39, 0.29) is 16.7 Å². The Bertz CT molecular complexity index is 638. The number of piperidine rings is 1. The second kappa shape index (κ2) is 5.42. The highest BCUT2D eigenvalue weighted by Gasteiger charge is 2.21. The van der Waals surface area contributed by atoms with Crippen molar-refractivity contribution in [2.24, 2.45) is 0 Å². The molecule has 1 aromatic carbocycles. The van der Waals surface area contributed by atoms with E-state index >= 15 is 0 Å². The fraction of sp³-hybridized carbons (Fsp3) is 0.357. The molecule has 1 aromatic heterocycles. The first-order valence-electron chi connectivity index (χ1n) is 6.75. The minimum Gasteiger partial charge on any atom is -0.377 e. The maximum atomic E-state index is 11.4. The molecule has 6 heteroatoms. The lowest BCUT2D eigenvalue weighted by Gasteiger charge is -2.24. The Balaban J connectivity index is 2.01. The Morgan fingerprint density at radius 2 is 2.10 bits per heavy atom. The van der Waals surface area contributed by atoms with Crippen LogP contribution >= 0.6 is 0 Å². The number of rotatable bonds is 3. The van der Waals surface area contributed by atoms with Gasteiger partial charge in [0.25, 0.3) is 0 Å². The van der Waals surface area contributed by atoms with Crippen LogP contribution in [0.2, 0.25) is 0 Å². The Labute approximate surface area is 116 Å². The highest BCUT2D eigenvalue weighted by Crippen LogP contribution is 2.33. The predicted octanol–water partition coefficient (Wildman–Crippen LogP) is 2.31. The van der Waals surface area contributed by atoms with Crippen LogP contribution in [-0.2, 0) is 0 Å². The maximum absolute atomic E-state index is 11.4. The van der Waals surface area contributed by atoms with E-state index in [1.807, 2.05) is 6.07 Å². The van der Waals surface area contributed by atoms with Crippen molar-refractivity contribution in [1.82, 2.24) is 10.3 Å². The van der Waals surface area contributed by atoms with Gasteiger partial charge in [0, 0.05) is 12.2 Å². The molecule has 1 fully saturated rings. The summed E-state index contributed by atoms with van der Waals surface area (Å²) in [5.41, 5.74) is 1.35. The number of anilines is 1.